The van der Waals surface area contributed by atoms with Crippen LogP contribution in [0.1, 0.15) is 5.69 Å². The van der Waals surface area contributed by atoms with Gasteiger partial charge in [-0.2, -0.15) is 0 Å². The van der Waals surface area contributed by atoms with E-state index in [0.717, 1.165) is 17.0 Å². The molecule has 21 heavy (non-hydrogen) atoms. The zero-order valence-corrected chi connectivity index (χ0v) is 13.4. The third-order valence-corrected chi connectivity index (χ3v) is 4.54. The Morgan fingerprint density at radius 2 is 2.00 bits per heavy atom. The number of nitrogens with zero attached hydrogens (tertiary/aromatic N) is 2. The summed E-state index contributed by atoms with van der Waals surface area (Å²) in [6, 6.07) is 13.4. The van der Waals surface area contributed by atoms with Crippen molar-refractivity contribution in [2.75, 3.05) is 19.3 Å². The van der Waals surface area contributed by atoms with Crippen LogP contribution in [-0.2, 0) is 11.2 Å². The summed E-state index contributed by atoms with van der Waals surface area (Å²) in [6.45, 7) is 0.666. The van der Waals surface area contributed by atoms with Crippen LogP contribution in [0.2, 0.25) is 5.02 Å². The normalized spacial score (nSPS) is 10.4. The zero-order valence-electron chi connectivity index (χ0n) is 11.8. The van der Waals surface area contributed by atoms with Gasteiger partial charge in [0.05, 0.1) is 10.8 Å². The van der Waals surface area contributed by atoms with Crippen LogP contribution in [0, 0.1) is 0 Å². The molecule has 5 heteroatoms. The lowest BCUT2D eigenvalue weighted by Gasteiger charge is -2.16. The molecule has 0 saturated carbocycles. The van der Waals surface area contributed by atoms with E-state index in [1.165, 1.54) is 11.8 Å². The van der Waals surface area contributed by atoms with Gasteiger partial charge in [-0.15, -0.1) is 11.8 Å². The van der Waals surface area contributed by atoms with Gasteiger partial charge in [0.1, 0.15) is 0 Å². The molecule has 0 bridgehead atoms. The van der Waals surface area contributed by atoms with Gasteiger partial charge >= 0.3 is 0 Å². The summed E-state index contributed by atoms with van der Waals surface area (Å²) in [5.41, 5.74) is 0.996. The van der Waals surface area contributed by atoms with Crippen molar-refractivity contribution in [3.8, 4) is 0 Å². The lowest BCUT2D eigenvalue weighted by Crippen LogP contribution is -2.30. The Hall–Kier alpha value is -1.52. The maximum atomic E-state index is 12.1. The molecule has 1 aromatic heterocycles. The monoisotopic (exact) mass is 320 g/mol. The Balaban J connectivity index is 1.79. The highest BCUT2D eigenvalue weighted by Crippen LogP contribution is 2.26. The SMILES string of the molecule is CN(CCc1ccccn1)C(=O)CSc1ccccc1Cl. The number of thioether (sulfide) groups is 1. The summed E-state index contributed by atoms with van der Waals surface area (Å²) in [4.78, 5) is 19.0. The topological polar surface area (TPSA) is 33.2 Å². The molecule has 0 saturated heterocycles. The standard InChI is InChI=1S/C16H17ClN2OS/c1-19(11-9-13-6-4-5-10-18-13)16(20)12-21-15-8-3-2-7-14(15)17/h2-8,10H,9,11-12H2,1H3. The van der Waals surface area contributed by atoms with E-state index in [2.05, 4.69) is 4.98 Å². The van der Waals surface area contributed by atoms with Crippen molar-refractivity contribution in [2.24, 2.45) is 0 Å². The van der Waals surface area contributed by atoms with Crippen molar-refractivity contribution < 1.29 is 4.79 Å². The highest BCUT2D eigenvalue weighted by molar-refractivity contribution is 8.00. The number of aromatic nitrogens is 1. The average molecular weight is 321 g/mol. The Kier molecular flexibility index (Phi) is 6.08. The molecule has 0 radical (unpaired) electrons. The molecule has 0 fully saturated rings. The van der Waals surface area contributed by atoms with Crippen molar-refractivity contribution in [2.45, 2.75) is 11.3 Å². The first-order valence-electron chi connectivity index (χ1n) is 6.68. The lowest BCUT2D eigenvalue weighted by molar-refractivity contribution is -0.127. The molecule has 3 nitrogen and oxygen atoms in total. The molecule has 2 rings (SSSR count). The van der Waals surface area contributed by atoms with Crippen molar-refractivity contribution in [3.63, 3.8) is 0 Å². The minimum atomic E-state index is 0.0934. The van der Waals surface area contributed by atoms with Crippen LogP contribution in [-0.4, -0.2) is 35.1 Å². The number of amides is 1. The van der Waals surface area contributed by atoms with Crippen LogP contribution in [0.5, 0.6) is 0 Å². The molecule has 0 atom stereocenters. The van der Waals surface area contributed by atoms with Gasteiger partial charge in [-0.3, -0.25) is 9.78 Å². The first-order chi connectivity index (χ1) is 10.2. The molecule has 1 aromatic carbocycles. The van der Waals surface area contributed by atoms with E-state index in [9.17, 15) is 4.79 Å². The van der Waals surface area contributed by atoms with Crippen LogP contribution in [0.4, 0.5) is 0 Å². The van der Waals surface area contributed by atoms with E-state index >= 15 is 0 Å². The minimum absolute atomic E-state index is 0.0934. The summed E-state index contributed by atoms with van der Waals surface area (Å²) in [7, 11) is 1.82. The Labute approximate surface area is 134 Å². The van der Waals surface area contributed by atoms with Crippen LogP contribution >= 0.6 is 23.4 Å². The van der Waals surface area contributed by atoms with E-state index < -0.39 is 0 Å². The molecule has 0 N–H and O–H groups in total. The first kappa shape index (κ1) is 15.9. The number of likely N-dealkylation sites (N-methyl/N-ethyl adjacent to an activating group) is 1. The minimum Gasteiger partial charge on any atom is -0.345 e. The number of pyridine rings is 1. The highest BCUT2D eigenvalue weighted by atomic mass is 35.5. The van der Waals surface area contributed by atoms with Crippen molar-refractivity contribution in [3.05, 3.63) is 59.4 Å². The fourth-order valence-corrected chi connectivity index (χ4v) is 2.94. The summed E-state index contributed by atoms with van der Waals surface area (Å²) >= 11 is 7.54. The molecule has 0 aliphatic rings. The lowest BCUT2D eigenvalue weighted by atomic mass is 10.2. The quantitative estimate of drug-likeness (QED) is 0.763. The van der Waals surface area contributed by atoms with Crippen molar-refractivity contribution >= 4 is 29.3 Å². The van der Waals surface area contributed by atoms with Gasteiger partial charge in [0.2, 0.25) is 5.91 Å². The molecular weight excluding hydrogens is 304 g/mol. The van der Waals surface area contributed by atoms with E-state index in [-0.39, 0.29) is 5.91 Å². The number of benzene rings is 1. The second-order valence-electron chi connectivity index (χ2n) is 4.61. The molecule has 0 spiro atoms. The van der Waals surface area contributed by atoms with E-state index in [4.69, 9.17) is 11.6 Å². The van der Waals surface area contributed by atoms with Gasteiger partial charge < -0.3 is 4.90 Å². The second kappa shape index (κ2) is 8.05. The van der Waals surface area contributed by atoms with Crippen LogP contribution < -0.4 is 0 Å². The van der Waals surface area contributed by atoms with Gasteiger partial charge in [-0.25, -0.2) is 0 Å². The molecule has 1 amide bonds. The Bertz CT molecular complexity index is 592. The van der Waals surface area contributed by atoms with Gasteiger partial charge in [0, 0.05) is 36.8 Å². The highest BCUT2D eigenvalue weighted by Gasteiger charge is 2.10. The third kappa shape index (κ3) is 5.06. The molecule has 110 valence electrons. The maximum absolute atomic E-state index is 12.1. The second-order valence-corrected chi connectivity index (χ2v) is 6.03. The number of carbonyl (C=O) groups is 1. The number of halogens is 1. The van der Waals surface area contributed by atoms with Gasteiger partial charge in [-0.05, 0) is 24.3 Å². The summed E-state index contributed by atoms with van der Waals surface area (Å²) in [5.74, 6) is 0.485. The summed E-state index contributed by atoms with van der Waals surface area (Å²) in [6.07, 6.45) is 2.53. The predicted molar refractivity (Wildman–Crippen MR) is 87.8 cm³/mol. The van der Waals surface area contributed by atoms with Crippen LogP contribution in [0.25, 0.3) is 0 Å². The molecular formula is C16H17ClN2OS. The predicted octanol–water partition coefficient (Wildman–Crippen LogP) is 3.53. The van der Waals surface area contributed by atoms with Crippen LogP contribution in [0.15, 0.2) is 53.6 Å². The molecule has 0 aliphatic carbocycles. The Morgan fingerprint density at radius 3 is 2.71 bits per heavy atom. The average Bonchev–Trinajstić information content (AvgIpc) is 2.52. The van der Waals surface area contributed by atoms with Crippen molar-refractivity contribution in [1.29, 1.82) is 0 Å². The van der Waals surface area contributed by atoms with Crippen molar-refractivity contribution in [1.82, 2.24) is 9.88 Å². The number of hydrogen-bond donors (Lipinski definition) is 0. The largest absolute Gasteiger partial charge is 0.345 e. The zero-order chi connectivity index (χ0) is 15.1. The smallest absolute Gasteiger partial charge is 0.232 e. The summed E-state index contributed by atoms with van der Waals surface area (Å²) in [5, 5.41) is 0.687. The van der Waals surface area contributed by atoms with Gasteiger partial charge in [0.15, 0.2) is 0 Å². The summed E-state index contributed by atoms with van der Waals surface area (Å²) < 4.78 is 0. The third-order valence-electron chi connectivity index (χ3n) is 3.04. The molecule has 0 unspecified atom stereocenters. The number of hydrogen-bond acceptors (Lipinski definition) is 3. The number of rotatable bonds is 6. The Morgan fingerprint density at radius 1 is 1.24 bits per heavy atom. The molecule has 0 aliphatic heterocycles. The first-order valence-corrected chi connectivity index (χ1v) is 8.04. The van der Waals surface area contributed by atoms with E-state index in [1.54, 1.807) is 11.1 Å². The number of carbonyl (C=O) groups excluding carboxylic acids is 1. The van der Waals surface area contributed by atoms with E-state index in [1.807, 2.05) is 49.5 Å². The van der Waals surface area contributed by atoms with Gasteiger partial charge in [0.25, 0.3) is 0 Å². The fourth-order valence-electron chi connectivity index (χ4n) is 1.76. The van der Waals surface area contributed by atoms with Gasteiger partial charge in [-0.1, -0.05) is 29.8 Å². The maximum Gasteiger partial charge on any atom is 0.232 e. The van der Waals surface area contributed by atoms with E-state index in [0.29, 0.717) is 17.3 Å². The fraction of sp³-hybridized carbons (Fsp3) is 0.250. The molecule has 2 aromatic rings. The molecule has 1 heterocycles. The van der Waals surface area contributed by atoms with Crippen LogP contribution in [0.3, 0.4) is 0 Å².